The van der Waals surface area contributed by atoms with Gasteiger partial charge in [0.05, 0.1) is 0 Å². The molecule has 1 fully saturated rings. The Morgan fingerprint density at radius 1 is 1.26 bits per heavy atom. The molecule has 1 aromatic carbocycles. The normalized spacial score (nSPS) is 20.8. The SMILES string of the molecule is CC(C)(C)C1CCN(Cc2ccccc2B(O)O)C1. The zero-order valence-corrected chi connectivity index (χ0v) is 12.1. The summed E-state index contributed by atoms with van der Waals surface area (Å²) < 4.78 is 0. The molecule has 2 rings (SSSR count). The van der Waals surface area contributed by atoms with Crippen LogP contribution >= 0.6 is 0 Å². The number of hydrogen-bond donors (Lipinski definition) is 2. The van der Waals surface area contributed by atoms with Gasteiger partial charge in [0.15, 0.2) is 0 Å². The molecule has 0 bridgehead atoms. The molecule has 1 unspecified atom stereocenters. The van der Waals surface area contributed by atoms with E-state index in [1.165, 1.54) is 6.42 Å². The second-order valence-electron chi connectivity index (χ2n) is 6.66. The van der Waals surface area contributed by atoms with Gasteiger partial charge in [0, 0.05) is 13.1 Å². The molecule has 2 N–H and O–H groups in total. The molecule has 1 aliphatic heterocycles. The minimum atomic E-state index is -1.38. The van der Waals surface area contributed by atoms with Crippen LogP contribution in [0.25, 0.3) is 0 Å². The molecule has 1 aliphatic rings. The largest absolute Gasteiger partial charge is 0.488 e. The predicted octanol–water partition coefficient (Wildman–Crippen LogP) is 1.23. The lowest BCUT2D eigenvalue weighted by Crippen LogP contribution is -2.35. The van der Waals surface area contributed by atoms with E-state index in [0.717, 1.165) is 31.1 Å². The average Bonchev–Trinajstić information content (AvgIpc) is 2.77. The van der Waals surface area contributed by atoms with Gasteiger partial charge < -0.3 is 10.0 Å². The molecule has 0 saturated carbocycles. The fourth-order valence-corrected chi connectivity index (χ4v) is 2.85. The van der Waals surface area contributed by atoms with E-state index < -0.39 is 7.12 Å². The summed E-state index contributed by atoms with van der Waals surface area (Å²) in [5.41, 5.74) is 2.00. The third kappa shape index (κ3) is 3.59. The van der Waals surface area contributed by atoms with Crippen LogP contribution in [0.5, 0.6) is 0 Å². The van der Waals surface area contributed by atoms with Crippen LogP contribution < -0.4 is 5.46 Å². The van der Waals surface area contributed by atoms with E-state index in [-0.39, 0.29) is 0 Å². The van der Waals surface area contributed by atoms with Crippen LogP contribution in [-0.2, 0) is 6.54 Å². The first-order valence-corrected chi connectivity index (χ1v) is 7.04. The van der Waals surface area contributed by atoms with Gasteiger partial charge in [0.1, 0.15) is 0 Å². The van der Waals surface area contributed by atoms with E-state index >= 15 is 0 Å². The van der Waals surface area contributed by atoms with Gasteiger partial charge in [-0.25, -0.2) is 0 Å². The van der Waals surface area contributed by atoms with Crippen LogP contribution in [-0.4, -0.2) is 35.2 Å². The summed E-state index contributed by atoms with van der Waals surface area (Å²) in [5, 5.41) is 18.8. The molecular weight excluding hydrogens is 237 g/mol. The minimum absolute atomic E-state index is 0.352. The quantitative estimate of drug-likeness (QED) is 0.804. The lowest BCUT2D eigenvalue weighted by molar-refractivity contribution is 0.226. The van der Waals surface area contributed by atoms with Gasteiger partial charge in [-0.15, -0.1) is 0 Å². The third-order valence-corrected chi connectivity index (χ3v) is 4.22. The van der Waals surface area contributed by atoms with E-state index in [0.29, 0.717) is 10.9 Å². The van der Waals surface area contributed by atoms with Gasteiger partial charge in [0.25, 0.3) is 0 Å². The van der Waals surface area contributed by atoms with Crippen LogP contribution in [0.2, 0.25) is 0 Å². The topological polar surface area (TPSA) is 43.7 Å². The Balaban J connectivity index is 2.04. The van der Waals surface area contributed by atoms with Gasteiger partial charge in [0.2, 0.25) is 0 Å². The van der Waals surface area contributed by atoms with Crippen molar-refractivity contribution in [3.63, 3.8) is 0 Å². The number of nitrogens with zero attached hydrogens (tertiary/aromatic N) is 1. The molecule has 19 heavy (non-hydrogen) atoms. The summed E-state index contributed by atoms with van der Waals surface area (Å²) in [6.45, 7) is 9.89. The van der Waals surface area contributed by atoms with Gasteiger partial charge >= 0.3 is 7.12 Å². The monoisotopic (exact) mass is 261 g/mol. The first kappa shape index (κ1) is 14.6. The molecule has 3 nitrogen and oxygen atoms in total. The highest BCUT2D eigenvalue weighted by atomic mass is 16.4. The zero-order valence-electron chi connectivity index (χ0n) is 12.1. The molecule has 1 heterocycles. The van der Waals surface area contributed by atoms with Gasteiger partial charge in [-0.2, -0.15) is 0 Å². The van der Waals surface area contributed by atoms with Crippen LogP contribution in [0.15, 0.2) is 24.3 Å². The van der Waals surface area contributed by atoms with Gasteiger partial charge in [-0.05, 0) is 35.3 Å². The third-order valence-electron chi connectivity index (χ3n) is 4.22. The van der Waals surface area contributed by atoms with Crippen molar-refractivity contribution in [1.82, 2.24) is 4.90 Å². The van der Waals surface area contributed by atoms with Crippen molar-refractivity contribution in [2.75, 3.05) is 13.1 Å². The first-order valence-electron chi connectivity index (χ1n) is 7.04. The predicted molar refractivity (Wildman–Crippen MR) is 79.1 cm³/mol. The van der Waals surface area contributed by atoms with Crippen LogP contribution in [0.4, 0.5) is 0 Å². The average molecular weight is 261 g/mol. The van der Waals surface area contributed by atoms with Gasteiger partial charge in [-0.3, -0.25) is 4.90 Å². The Hall–Kier alpha value is -0.835. The van der Waals surface area contributed by atoms with Crippen molar-refractivity contribution in [3.05, 3.63) is 29.8 Å². The summed E-state index contributed by atoms with van der Waals surface area (Å²) in [5.74, 6) is 0.721. The Morgan fingerprint density at radius 2 is 1.95 bits per heavy atom. The van der Waals surface area contributed by atoms with Crippen molar-refractivity contribution in [1.29, 1.82) is 0 Å². The number of benzene rings is 1. The van der Waals surface area contributed by atoms with E-state index in [9.17, 15) is 10.0 Å². The van der Waals surface area contributed by atoms with E-state index in [2.05, 4.69) is 25.7 Å². The molecule has 0 spiro atoms. The first-order chi connectivity index (χ1) is 8.88. The Kier molecular flexibility index (Phi) is 4.34. The number of likely N-dealkylation sites (tertiary alicyclic amines) is 1. The molecule has 1 atom stereocenters. The van der Waals surface area contributed by atoms with Gasteiger partial charge in [-0.1, -0.05) is 45.0 Å². The summed E-state index contributed by atoms with van der Waals surface area (Å²) in [4.78, 5) is 2.41. The molecule has 0 amide bonds. The lowest BCUT2D eigenvalue weighted by Gasteiger charge is -2.27. The second kappa shape index (κ2) is 5.65. The molecule has 1 saturated heterocycles. The smallest absolute Gasteiger partial charge is 0.423 e. The van der Waals surface area contributed by atoms with Crippen molar-refractivity contribution >= 4 is 12.6 Å². The molecule has 4 heteroatoms. The standard InChI is InChI=1S/C15H24BNO2/c1-15(2,3)13-8-9-17(11-13)10-12-6-4-5-7-14(12)16(18)19/h4-7,13,18-19H,8-11H2,1-3H3. The Bertz CT molecular complexity index is 428. The van der Waals surface area contributed by atoms with Crippen molar-refractivity contribution in [2.24, 2.45) is 11.3 Å². The van der Waals surface area contributed by atoms with Crippen LogP contribution in [0.3, 0.4) is 0 Å². The molecular formula is C15H24BNO2. The highest BCUT2D eigenvalue weighted by Crippen LogP contribution is 2.33. The summed E-state index contributed by atoms with van der Waals surface area (Å²) in [6.07, 6.45) is 1.23. The molecule has 0 aromatic heterocycles. The van der Waals surface area contributed by atoms with Crippen LogP contribution in [0, 0.1) is 11.3 Å². The highest BCUT2D eigenvalue weighted by Gasteiger charge is 2.32. The number of hydrogen-bond acceptors (Lipinski definition) is 3. The fraction of sp³-hybridized carbons (Fsp3) is 0.600. The second-order valence-corrected chi connectivity index (χ2v) is 6.66. The van der Waals surface area contributed by atoms with E-state index in [1.54, 1.807) is 6.07 Å². The fourth-order valence-electron chi connectivity index (χ4n) is 2.85. The van der Waals surface area contributed by atoms with Crippen molar-refractivity contribution in [3.8, 4) is 0 Å². The molecule has 1 aromatic rings. The summed E-state index contributed by atoms with van der Waals surface area (Å²) >= 11 is 0. The lowest BCUT2D eigenvalue weighted by atomic mass is 9.77. The van der Waals surface area contributed by atoms with E-state index in [1.807, 2.05) is 18.2 Å². The Morgan fingerprint density at radius 3 is 2.53 bits per heavy atom. The maximum Gasteiger partial charge on any atom is 0.488 e. The summed E-state index contributed by atoms with van der Waals surface area (Å²) in [6, 6.07) is 7.58. The molecule has 0 aliphatic carbocycles. The molecule has 0 radical (unpaired) electrons. The van der Waals surface area contributed by atoms with Crippen molar-refractivity contribution < 1.29 is 10.0 Å². The highest BCUT2D eigenvalue weighted by molar-refractivity contribution is 6.59. The Labute approximate surface area is 116 Å². The minimum Gasteiger partial charge on any atom is -0.423 e. The van der Waals surface area contributed by atoms with Crippen LogP contribution in [0.1, 0.15) is 32.8 Å². The zero-order chi connectivity index (χ0) is 14.0. The van der Waals surface area contributed by atoms with E-state index in [4.69, 9.17) is 0 Å². The maximum atomic E-state index is 9.40. The number of rotatable bonds is 3. The molecule has 104 valence electrons. The van der Waals surface area contributed by atoms with Crippen molar-refractivity contribution in [2.45, 2.75) is 33.7 Å². The summed E-state index contributed by atoms with van der Waals surface area (Å²) in [7, 11) is -1.38. The maximum absolute atomic E-state index is 9.40.